The van der Waals surface area contributed by atoms with Crippen LogP contribution in [0, 0.1) is 11.8 Å². The van der Waals surface area contributed by atoms with Crippen LogP contribution in [0.2, 0.25) is 0 Å². The van der Waals surface area contributed by atoms with E-state index in [-0.39, 0.29) is 48.7 Å². The Hall–Kier alpha value is -2.24. The fourth-order valence-electron chi connectivity index (χ4n) is 3.93. The summed E-state index contributed by atoms with van der Waals surface area (Å²) >= 11 is 0. The fourth-order valence-corrected chi connectivity index (χ4v) is 3.93. The van der Waals surface area contributed by atoms with Gasteiger partial charge in [-0.05, 0) is 0 Å². The zero-order valence-corrected chi connectivity index (χ0v) is 21.9. The number of nitrogens with one attached hydrogen (secondary N) is 2. The first kappa shape index (κ1) is 29.0. The maximum atomic E-state index is 12.4. The van der Waals surface area contributed by atoms with Gasteiger partial charge in [0.05, 0.1) is 0 Å². The topological polar surface area (TPSA) is 115 Å². The molecule has 2 rings (SSSR count). The Bertz CT molecular complexity index is 643. The molecular formula is C24H44N6O5. The van der Waals surface area contributed by atoms with Gasteiger partial charge in [-0.15, -0.1) is 0 Å². The van der Waals surface area contributed by atoms with E-state index in [1.165, 1.54) is 0 Å². The average molecular weight is 497 g/mol. The number of amides is 4. The van der Waals surface area contributed by atoms with Gasteiger partial charge in [0, 0.05) is 90.4 Å². The summed E-state index contributed by atoms with van der Waals surface area (Å²) in [4.78, 5) is 56.1. The van der Waals surface area contributed by atoms with Crippen molar-refractivity contribution in [2.45, 2.75) is 27.7 Å². The second kappa shape index (κ2) is 15.0. The first-order chi connectivity index (χ1) is 16.7. The number of ether oxygens (including phenoxy) is 1. The minimum atomic E-state index is -0.0983. The highest BCUT2D eigenvalue weighted by Gasteiger charge is 2.23. The predicted molar refractivity (Wildman–Crippen MR) is 133 cm³/mol. The number of carbonyl (C=O) groups excluding carboxylic acids is 4. The lowest BCUT2D eigenvalue weighted by atomic mass is 10.2. The fraction of sp³-hybridized carbons (Fsp3) is 0.833. The molecule has 2 N–H and O–H groups in total. The Balaban J connectivity index is 1.54. The van der Waals surface area contributed by atoms with Crippen molar-refractivity contribution in [1.82, 2.24) is 30.2 Å². The van der Waals surface area contributed by atoms with Gasteiger partial charge in [0.25, 0.3) is 0 Å². The van der Waals surface area contributed by atoms with Gasteiger partial charge in [-0.1, -0.05) is 27.7 Å². The summed E-state index contributed by atoms with van der Waals surface area (Å²) in [6.45, 7) is 15.6. The molecule has 0 unspecified atom stereocenters. The summed E-state index contributed by atoms with van der Waals surface area (Å²) in [5.74, 6) is -0.122. The first-order valence-corrected chi connectivity index (χ1v) is 12.8. The van der Waals surface area contributed by atoms with E-state index in [0.717, 1.165) is 39.3 Å². The highest BCUT2D eigenvalue weighted by atomic mass is 16.5. The Kier molecular flexibility index (Phi) is 12.4. The average Bonchev–Trinajstić information content (AvgIpc) is 2.84. The lowest BCUT2D eigenvalue weighted by Gasteiger charge is -2.35. The van der Waals surface area contributed by atoms with Crippen LogP contribution in [0.4, 0.5) is 0 Å². The molecule has 2 fully saturated rings. The van der Waals surface area contributed by atoms with Gasteiger partial charge >= 0.3 is 0 Å². The molecule has 0 spiro atoms. The van der Waals surface area contributed by atoms with Gasteiger partial charge in [-0.3, -0.25) is 29.0 Å². The van der Waals surface area contributed by atoms with Gasteiger partial charge in [0.15, 0.2) is 0 Å². The molecule has 0 saturated carbocycles. The van der Waals surface area contributed by atoms with Gasteiger partial charge in [-0.2, -0.15) is 0 Å². The number of hydrogen-bond donors (Lipinski definition) is 2. The largest absolute Gasteiger partial charge is 0.362 e. The summed E-state index contributed by atoms with van der Waals surface area (Å²) in [5, 5.41) is 5.83. The summed E-state index contributed by atoms with van der Waals surface area (Å²) < 4.78 is 5.44. The van der Waals surface area contributed by atoms with Crippen molar-refractivity contribution in [2.24, 2.45) is 11.8 Å². The molecule has 0 aromatic carbocycles. The molecule has 0 radical (unpaired) electrons. The first-order valence-electron chi connectivity index (χ1n) is 12.8. The van der Waals surface area contributed by atoms with E-state index in [1.807, 2.05) is 27.7 Å². The summed E-state index contributed by atoms with van der Waals surface area (Å²) in [7, 11) is 0. The zero-order chi connectivity index (χ0) is 25.8. The number of nitrogens with zero attached hydrogens (tertiary/aromatic N) is 4. The summed E-state index contributed by atoms with van der Waals surface area (Å²) in [6.07, 6.45) is 0. The second-order valence-electron chi connectivity index (χ2n) is 9.83. The molecule has 2 aliphatic heterocycles. The minimum Gasteiger partial charge on any atom is -0.362 e. The van der Waals surface area contributed by atoms with Crippen molar-refractivity contribution >= 4 is 23.6 Å². The van der Waals surface area contributed by atoms with Crippen LogP contribution in [0.1, 0.15) is 27.7 Å². The van der Waals surface area contributed by atoms with E-state index in [4.69, 9.17) is 4.74 Å². The van der Waals surface area contributed by atoms with E-state index in [9.17, 15) is 19.2 Å². The quantitative estimate of drug-likeness (QED) is 0.350. The highest BCUT2D eigenvalue weighted by Crippen LogP contribution is 2.04. The molecule has 0 atom stereocenters. The van der Waals surface area contributed by atoms with E-state index < -0.39 is 0 Å². The molecule has 0 aromatic heterocycles. The van der Waals surface area contributed by atoms with Crippen LogP contribution in [0.25, 0.3) is 0 Å². The molecular weight excluding hydrogens is 452 g/mol. The van der Waals surface area contributed by atoms with Gasteiger partial charge in [0.2, 0.25) is 23.6 Å². The summed E-state index contributed by atoms with van der Waals surface area (Å²) in [6, 6.07) is 0. The van der Waals surface area contributed by atoms with E-state index in [0.29, 0.717) is 39.3 Å². The van der Waals surface area contributed by atoms with Crippen molar-refractivity contribution in [3.8, 4) is 0 Å². The Morgan fingerprint density at radius 1 is 0.629 bits per heavy atom. The van der Waals surface area contributed by atoms with Crippen LogP contribution < -0.4 is 10.6 Å². The van der Waals surface area contributed by atoms with Crippen LogP contribution >= 0.6 is 0 Å². The lowest BCUT2D eigenvalue weighted by molar-refractivity contribution is -0.143. The van der Waals surface area contributed by atoms with E-state index in [2.05, 4.69) is 20.4 Å². The molecule has 0 bridgehead atoms. The van der Waals surface area contributed by atoms with Gasteiger partial charge in [0.1, 0.15) is 13.2 Å². The van der Waals surface area contributed by atoms with E-state index >= 15 is 0 Å². The van der Waals surface area contributed by atoms with Crippen molar-refractivity contribution in [3.63, 3.8) is 0 Å². The summed E-state index contributed by atoms with van der Waals surface area (Å²) in [5.41, 5.74) is 0. The normalized spacial score (nSPS) is 17.7. The maximum Gasteiger partial charge on any atom is 0.248 e. The van der Waals surface area contributed by atoms with Gasteiger partial charge in [-0.25, -0.2) is 0 Å². The molecule has 2 heterocycles. The molecule has 0 aromatic rings. The Morgan fingerprint density at radius 2 is 0.971 bits per heavy atom. The van der Waals surface area contributed by atoms with Crippen LogP contribution in [0.3, 0.4) is 0 Å². The number of carbonyl (C=O) groups is 4. The maximum absolute atomic E-state index is 12.4. The molecule has 2 saturated heterocycles. The second-order valence-corrected chi connectivity index (χ2v) is 9.83. The Labute approximate surface area is 209 Å². The van der Waals surface area contributed by atoms with Crippen LogP contribution in [0.5, 0.6) is 0 Å². The van der Waals surface area contributed by atoms with Crippen LogP contribution in [-0.2, 0) is 23.9 Å². The molecule has 11 heteroatoms. The molecule has 0 aliphatic carbocycles. The molecule has 35 heavy (non-hydrogen) atoms. The SMILES string of the molecule is CC(C)C(=O)NCCN1CCN(C(=O)COCC(=O)N2CCN(CCNC(=O)C(C)C)CC2)CC1. The third-order valence-corrected chi connectivity index (χ3v) is 6.40. The zero-order valence-electron chi connectivity index (χ0n) is 21.9. The molecule has 200 valence electrons. The van der Waals surface area contributed by atoms with Crippen molar-refractivity contribution < 1.29 is 23.9 Å². The van der Waals surface area contributed by atoms with E-state index in [1.54, 1.807) is 9.80 Å². The number of hydrogen-bond acceptors (Lipinski definition) is 7. The third kappa shape index (κ3) is 10.5. The Morgan fingerprint density at radius 3 is 1.29 bits per heavy atom. The highest BCUT2D eigenvalue weighted by molar-refractivity contribution is 5.80. The van der Waals surface area contributed by atoms with Crippen molar-refractivity contribution in [2.75, 3.05) is 91.8 Å². The smallest absolute Gasteiger partial charge is 0.248 e. The van der Waals surface area contributed by atoms with Crippen LogP contribution in [-0.4, -0.2) is 135 Å². The van der Waals surface area contributed by atoms with Crippen molar-refractivity contribution in [1.29, 1.82) is 0 Å². The van der Waals surface area contributed by atoms with Crippen molar-refractivity contribution in [3.05, 3.63) is 0 Å². The molecule has 11 nitrogen and oxygen atoms in total. The lowest BCUT2D eigenvalue weighted by Crippen LogP contribution is -2.52. The number of piperazine rings is 2. The predicted octanol–water partition coefficient (Wildman–Crippen LogP) is -1.16. The van der Waals surface area contributed by atoms with Crippen LogP contribution in [0.15, 0.2) is 0 Å². The number of rotatable bonds is 12. The third-order valence-electron chi connectivity index (χ3n) is 6.40. The monoisotopic (exact) mass is 496 g/mol. The standard InChI is InChI=1S/C24H44N6O5/c1-19(2)23(33)25-5-7-27-9-13-29(14-10-27)21(31)17-35-18-22(32)30-15-11-28(12-16-30)8-6-26-24(34)20(3)4/h19-20H,5-18H2,1-4H3,(H,25,33)(H,26,34). The van der Waals surface area contributed by atoms with Gasteiger partial charge < -0.3 is 25.2 Å². The molecule has 4 amide bonds. The molecule has 2 aliphatic rings. The minimum absolute atomic E-state index is 0.0176.